The zero-order chi connectivity index (χ0) is 14.8. The van der Waals surface area contributed by atoms with E-state index in [4.69, 9.17) is 14.9 Å². The van der Waals surface area contributed by atoms with Gasteiger partial charge in [-0.25, -0.2) is 0 Å². The highest BCUT2D eigenvalue weighted by Crippen LogP contribution is 2.53. The van der Waals surface area contributed by atoms with E-state index < -0.39 is 0 Å². The van der Waals surface area contributed by atoms with Crippen molar-refractivity contribution in [2.45, 2.75) is 44.4 Å². The third-order valence-corrected chi connectivity index (χ3v) is 5.59. The van der Waals surface area contributed by atoms with Crippen molar-refractivity contribution in [3.05, 3.63) is 23.7 Å². The van der Waals surface area contributed by atoms with Crippen LogP contribution >= 0.6 is 11.8 Å². The maximum atomic E-state index is 11.4. The summed E-state index contributed by atoms with van der Waals surface area (Å²) in [5, 5.41) is 0.138. The average molecular weight is 297 g/mol. The lowest BCUT2D eigenvalue weighted by Gasteiger charge is -2.21. The van der Waals surface area contributed by atoms with E-state index in [1.54, 1.807) is 11.8 Å². The number of nitrogens with two attached hydrogens (primary N) is 1. The Morgan fingerprint density at radius 3 is 2.70 bits per heavy atom. The zero-order valence-electron chi connectivity index (χ0n) is 12.3. The minimum Gasteiger partial charge on any atom is -0.469 e. The van der Waals surface area contributed by atoms with Gasteiger partial charge in [0.05, 0.1) is 18.8 Å². The maximum absolute atomic E-state index is 11.4. The molecule has 0 spiro atoms. The molecular formula is C15H23NO3S. The SMILES string of the molecule is COC(=O)CC1(CSC(c2ccc(C)o2)C(C)N)CC1. The maximum Gasteiger partial charge on any atom is 0.306 e. The van der Waals surface area contributed by atoms with E-state index in [1.807, 2.05) is 26.0 Å². The lowest BCUT2D eigenvalue weighted by atomic mass is 10.1. The lowest BCUT2D eigenvalue weighted by molar-refractivity contribution is -0.141. The molecule has 0 radical (unpaired) electrons. The minimum atomic E-state index is -0.116. The summed E-state index contributed by atoms with van der Waals surface area (Å²) in [7, 11) is 1.45. The van der Waals surface area contributed by atoms with Crippen LogP contribution < -0.4 is 5.73 Å². The van der Waals surface area contributed by atoms with Crippen LogP contribution in [-0.2, 0) is 9.53 Å². The van der Waals surface area contributed by atoms with Gasteiger partial charge in [-0.15, -0.1) is 11.8 Å². The van der Waals surface area contributed by atoms with Crippen LogP contribution in [0.2, 0.25) is 0 Å². The van der Waals surface area contributed by atoms with Crippen molar-refractivity contribution in [2.24, 2.45) is 11.1 Å². The third kappa shape index (κ3) is 3.79. The monoisotopic (exact) mass is 297 g/mol. The number of methoxy groups -OCH3 is 1. The predicted octanol–water partition coefficient (Wildman–Crippen LogP) is 3.05. The van der Waals surface area contributed by atoms with E-state index >= 15 is 0 Å². The van der Waals surface area contributed by atoms with Crippen LogP contribution in [0.1, 0.15) is 43.0 Å². The van der Waals surface area contributed by atoms with Crippen molar-refractivity contribution in [1.82, 2.24) is 0 Å². The summed E-state index contributed by atoms with van der Waals surface area (Å²) in [4.78, 5) is 11.4. The van der Waals surface area contributed by atoms with Gasteiger partial charge < -0.3 is 14.9 Å². The van der Waals surface area contributed by atoms with Crippen LogP contribution in [0.25, 0.3) is 0 Å². The first-order valence-electron chi connectivity index (χ1n) is 6.96. The molecule has 1 aliphatic rings. The van der Waals surface area contributed by atoms with Gasteiger partial charge in [-0.2, -0.15) is 0 Å². The molecule has 2 atom stereocenters. The second kappa shape index (κ2) is 6.22. The van der Waals surface area contributed by atoms with Gasteiger partial charge >= 0.3 is 5.97 Å². The molecule has 112 valence electrons. The molecule has 0 amide bonds. The third-order valence-electron chi connectivity index (χ3n) is 3.79. The van der Waals surface area contributed by atoms with E-state index in [9.17, 15) is 4.79 Å². The van der Waals surface area contributed by atoms with E-state index in [-0.39, 0.29) is 22.7 Å². The number of aryl methyl sites for hydroxylation is 1. The van der Waals surface area contributed by atoms with Crippen LogP contribution in [0.5, 0.6) is 0 Å². The number of esters is 1. The molecule has 1 heterocycles. The Morgan fingerprint density at radius 2 is 2.25 bits per heavy atom. The molecule has 1 fully saturated rings. The number of carbonyl (C=O) groups is 1. The van der Waals surface area contributed by atoms with Crippen molar-refractivity contribution in [3.63, 3.8) is 0 Å². The summed E-state index contributed by atoms with van der Waals surface area (Å²) in [5.41, 5.74) is 6.20. The van der Waals surface area contributed by atoms with Gasteiger partial charge in [0.25, 0.3) is 0 Å². The summed E-state index contributed by atoms with van der Waals surface area (Å²) in [6.45, 7) is 3.93. The van der Waals surface area contributed by atoms with E-state index in [1.165, 1.54) is 7.11 Å². The van der Waals surface area contributed by atoms with Gasteiger partial charge in [0.2, 0.25) is 0 Å². The second-order valence-corrected chi connectivity index (χ2v) is 6.92. The molecule has 1 saturated carbocycles. The summed E-state index contributed by atoms with van der Waals surface area (Å²) in [6, 6.07) is 3.97. The smallest absolute Gasteiger partial charge is 0.306 e. The number of thioether (sulfide) groups is 1. The van der Waals surface area contributed by atoms with Crippen LogP contribution in [0.3, 0.4) is 0 Å². The van der Waals surface area contributed by atoms with E-state index in [0.717, 1.165) is 30.1 Å². The number of ether oxygens (including phenoxy) is 1. The van der Waals surface area contributed by atoms with Crippen molar-refractivity contribution in [1.29, 1.82) is 0 Å². The van der Waals surface area contributed by atoms with Gasteiger partial charge in [0.15, 0.2) is 0 Å². The number of hydrogen-bond donors (Lipinski definition) is 1. The average Bonchev–Trinajstić information content (AvgIpc) is 3.02. The van der Waals surface area contributed by atoms with E-state index in [0.29, 0.717) is 6.42 Å². The van der Waals surface area contributed by atoms with Crippen LogP contribution in [0.15, 0.2) is 16.5 Å². The molecule has 0 saturated heterocycles. The first kappa shape index (κ1) is 15.4. The number of hydrogen-bond acceptors (Lipinski definition) is 5. The highest BCUT2D eigenvalue weighted by atomic mass is 32.2. The van der Waals surface area contributed by atoms with Gasteiger partial charge in [-0.3, -0.25) is 4.79 Å². The Hall–Kier alpha value is -0.940. The summed E-state index contributed by atoms with van der Waals surface area (Å²) in [5.74, 6) is 2.64. The number of rotatable bonds is 7. The molecule has 1 aromatic rings. The molecule has 2 rings (SSSR count). The Morgan fingerprint density at radius 1 is 1.55 bits per heavy atom. The highest BCUT2D eigenvalue weighted by Gasteiger charge is 2.45. The molecular weight excluding hydrogens is 274 g/mol. The fourth-order valence-corrected chi connectivity index (χ4v) is 3.81. The standard InChI is InChI=1S/C15H23NO3S/c1-10-4-5-12(19-10)14(11(2)16)20-9-15(6-7-15)8-13(17)18-3/h4-5,11,14H,6-9,16H2,1-3H3. The van der Waals surface area contributed by atoms with Gasteiger partial charge in [0.1, 0.15) is 11.5 Å². The Kier molecular flexibility index (Phi) is 4.81. The number of furan rings is 1. The fourth-order valence-electron chi connectivity index (χ4n) is 2.29. The van der Waals surface area contributed by atoms with Crippen LogP contribution in [-0.4, -0.2) is 24.9 Å². The molecule has 2 N–H and O–H groups in total. The topological polar surface area (TPSA) is 65.5 Å². The summed E-state index contributed by atoms with van der Waals surface area (Å²) >= 11 is 1.79. The molecule has 1 aromatic heterocycles. The predicted molar refractivity (Wildman–Crippen MR) is 80.6 cm³/mol. The fraction of sp³-hybridized carbons (Fsp3) is 0.667. The molecule has 0 aliphatic heterocycles. The Labute approximate surface area is 124 Å². The number of carbonyl (C=O) groups excluding carboxylic acids is 1. The normalized spacial score (nSPS) is 19.4. The second-order valence-electron chi connectivity index (χ2n) is 5.79. The van der Waals surface area contributed by atoms with Gasteiger partial charge in [-0.1, -0.05) is 0 Å². The quantitative estimate of drug-likeness (QED) is 0.784. The summed E-state index contributed by atoms with van der Waals surface area (Å²) < 4.78 is 10.5. The summed E-state index contributed by atoms with van der Waals surface area (Å²) in [6.07, 6.45) is 2.70. The molecule has 2 unspecified atom stereocenters. The zero-order valence-corrected chi connectivity index (χ0v) is 13.2. The van der Waals surface area contributed by atoms with Gasteiger partial charge in [-0.05, 0) is 44.2 Å². The van der Waals surface area contributed by atoms with E-state index in [2.05, 4.69) is 0 Å². The Bertz CT molecular complexity index is 465. The van der Waals surface area contributed by atoms with Gasteiger partial charge in [0, 0.05) is 11.8 Å². The first-order valence-corrected chi connectivity index (χ1v) is 8.01. The Balaban J connectivity index is 1.95. The van der Waals surface area contributed by atoms with Crippen LogP contribution in [0.4, 0.5) is 0 Å². The molecule has 1 aliphatic carbocycles. The van der Waals surface area contributed by atoms with Crippen molar-refractivity contribution in [2.75, 3.05) is 12.9 Å². The molecule has 0 aromatic carbocycles. The largest absolute Gasteiger partial charge is 0.469 e. The van der Waals surface area contributed by atoms with Crippen molar-refractivity contribution in [3.8, 4) is 0 Å². The lowest BCUT2D eigenvalue weighted by Crippen LogP contribution is -2.24. The molecule has 20 heavy (non-hydrogen) atoms. The molecule has 4 nitrogen and oxygen atoms in total. The highest BCUT2D eigenvalue weighted by molar-refractivity contribution is 7.99. The molecule has 0 bridgehead atoms. The molecule has 5 heteroatoms. The van der Waals surface area contributed by atoms with Crippen molar-refractivity contribution >= 4 is 17.7 Å². The minimum absolute atomic E-state index is 0.0134. The first-order chi connectivity index (χ1) is 9.46. The van der Waals surface area contributed by atoms with Crippen LogP contribution in [0, 0.1) is 12.3 Å². The van der Waals surface area contributed by atoms with Crippen molar-refractivity contribution < 1.29 is 13.9 Å².